The van der Waals surface area contributed by atoms with Crippen LogP contribution in [0.1, 0.15) is 23.3 Å². The monoisotopic (exact) mass is 239 g/mol. The minimum absolute atomic E-state index is 0.172. The maximum atomic E-state index is 3.51. The fourth-order valence-electron chi connectivity index (χ4n) is 2.25. The molecule has 3 rings (SSSR count). The van der Waals surface area contributed by atoms with Gasteiger partial charge in [-0.2, -0.15) is 0 Å². The maximum absolute atomic E-state index is 3.51. The quantitative estimate of drug-likeness (QED) is 0.751. The second kappa shape index (κ2) is 5.31. The zero-order valence-corrected chi connectivity index (χ0v) is 10.1. The van der Waals surface area contributed by atoms with Gasteiger partial charge in [-0.25, -0.2) is 10.9 Å². The van der Waals surface area contributed by atoms with Crippen LogP contribution in [0, 0.1) is 0 Å². The first kappa shape index (κ1) is 11.4. The van der Waals surface area contributed by atoms with Crippen LogP contribution in [0.3, 0.4) is 0 Å². The van der Waals surface area contributed by atoms with Crippen molar-refractivity contribution in [2.75, 3.05) is 6.54 Å². The molecule has 0 bridgehead atoms. The summed E-state index contributed by atoms with van der Waals surface area (Å²) in [6.07, 6.45) is 0.172. The van der Waals surface area contributed by atoms with Crippen molar-refractivity contribution in [3.8, 4) is 0 Å². The van der Waals surface area contributed by atoms with Gasteiger partial charge in [0.25, 0.3) is 0 Å². The van der Waals surface area contributed by atoms with Crippen LogP contribution in [0.15, 0.2) is 60.7 Å². The number of hydrazine groups is 1. The number of hydrogen-bond acceptors (Lipinski definition) is 3. The molecule has 1 fully saturated rings. The van der Waals surface area contributed by atoms with Crippen molar-refractivity contribution in [2.45, 2.75) is 12.2 Å². The lowest BCUT2D eigenvalue weighted by atomic mass is 10.1. The Hall–Kier alpha value is -1.68. The molecule has 0 radical (unpaired) electrons. The second-order valence-corrected chi connectivity index (χ2v) is 4.50. The average Bonchev–Trinajstić information content (AvgIpc) is 2.49. The van der Waals surface area contributed by atoms with Gasteiger partial charge in [-0.15, -0.1) is 0 Å². The highest BCUT2D eigenvalue weighted by Crippen LogP contribution is 2.17. The zero-order chi connectivity index (χ0) is 12.2. The summed E-state index contributed by atoms with van der Waals surface area (Å²) in [6, 6.07) is 21.2. The van der Waals surface area contributed by atoms with Crippen LogP contribution in [0.5, 0.6) is 0 Å². The molecule has 0 aliphatic carbocycles. The Kier molecular flexibility index (Phi) is 3.37. The zero-order valence-electron chi connectivity index (χ0n) is 10.1. The summed E-state index contributed by atoms with van der Waals surface area (Å²) in [6.45, 7) is 0.913. The van der Waals surface area contributed by atoms with Crippen molar-refractivity contribution < 1.29 is 0 Å². The fourth-order valence-corrected chi connectivity index (χ4v) is 2.25. The van der Waals surface area contributed by atoms with Crippen molar-refractivity contribution in [1.29, 1.82) is 0 Å². The first-order valence-electron chi connectivity index (χ1n) is 6.28. The Balaban J connectivity index is 1.65. The van der Waals surface area contributed by atoms with Crippen LogP contribution in [0.4, 0.5) is 0 Å². The van der Waals surface area contributed by atoms with Gasteiger partial charge in [0.2, 0.25) is 0 Å². The molecule has 0 amide bonds. The van der Waals surface area contributed by atoms with E-state index in [1.54, 1.807) is 0 Å². The normalized spacial score (nSPS) is 23.8. The lowest BCUT2D eigenvalue weighted by molar-refractivity contribution is 0.265. The molecule has 3 N–H and O–H groups in total. The molecule has 1 saturated heterocycles. The van der Waals surface area contributed by atoms with E-state index in [9.17, 15) is 0 Å². The molecule has 1 heterocycles. The van der Waals surface area contributed by atoms with Crippen molar-refractivity contribution in [3.63, 3.8) is 0 Å². The Morgan fingerprint density at radius 1 is 0.722 bits per heavy atom. The molecule has 3 heteroatoms. The Morgan fingerprint density at radius 2 is 1.33 bits per heavy atom. The van der Waals surface area contributed by atoms with Gasteiger partial charge in [0.15, 0.2) is 0 Å². The topological polar surface area (TPSA) is 36.1 Å². The number of hydrogen-bond donors (Lipinski definition) is 3. The fraction of sp³-hybridized carbons (Fsp3) is 0.200. The summed E-state index contributed by atoms with van der Waals surface area (Å²) in [4.78, 5) is 0. The van der Waals surface area contributed by atoms with Gasteiger partial charge >= 0.3 is 0 Å². The van der Waals surface area contributed by atoms with E-state index in [1.807, 2.05) is 12.1 Å². The summed E-state index contributed by atoms with van der Waals surface area (Å²) < 4.78 is 0. The van der Waals surface area contributed by atoms with E-state index in [2.05, 4.69) is 64.7 Å². The summed E-state index contributed by atoms with van der Waals surface area (Å²) in [7, 11) is 0. The highest BCUT2D eigenvalue weighted by Gasteiger charge is 2.20. The summed E-state index contributed by atoms with van der Waals surface area (Å²) >= 11 is 0. The van der Waals surface area contributed by atoms with E-state index in [1.165, 1.54) is 11.1 Å². The average molecular weight is 239 g/mol. The molecule has 0 saturated carbocycles. The molecule has 18 heavy (non-hydrogen) atoms. The van der Waals surface area contributed by atoms with Crippen LogP contribution in [0.2, 0.25) is 0 Å². The summed E-state index contributed by atoms with van der Waals surface area (Å²) in [5, 5.41) is 3.51. The summed E-state index contributed by atoms with van der Waals surface area (Å²) in [5.74, 6) is 0. The van der Waals surface area contributed by atoms with Crippen LogP contribution in [0.25, 0.3) is 0 Å². The lowest BCUT2D eigenvalue weighted by Crippen LogP contribution is -2.53. The summed E-state index contributed by atoms with van der Waals surface area (Å²) in [5.41, 5.74) is 9.24. The van der Waals surface area contributed by atoms with E-state index in [-0.39, 0.29) is 6.17 Å². The molecule has 2 aromatic rings. The van der Waals surface area contributed by atoms with E-state index >= 15 is 0 Å². The first-order chi connectivity index (χ1) is 8.93. The number of nitrogens with one attached hydrogen (secondary N) is 3. The largest absolute Gasteiger partial charge is 0.295 e. The van der Waals surface area contributed by atoms with Crippen molar-refractivity contribution in [3.05, 3.63) is 71.8 Å². The van der Waals surface area contributed by atoms with Gasteiger partial charge in [-0.3, -0.25) is 5.32 Å². The predicted molar refractivity (Wildman–Crippen MR) is 72.6 cm³/mol. The third-order valence-corrected chi connectivity index (χ3v) is 3.26. The maximum Gasteiger partial charge on any atom is 0.0964 e. The third kappa shape index (κ3) is 2.43. The van der Waals surface area contributed by atoms with Crippen molar-refractivity contribution in [1.82, 2.24) is 16.2 Å². The SMILES string of the molecule is c1ccc(C2CNC(c3ccccc3)NN2)cc1. The molecule has 2 aromatic carbocycles. The van der Waals surface area contributed by atoms with Gasteiger partial charge in [0, 0.05) is 6.54 Å². The molecule has 2 atom stereocenters. The van der Waals surface area contributed by atoms with E-state index in [0.717, 1.165) is 6.54 Å². The molecular formula is C15H17N3. The molecule has 92 valence electrons. The molecule has 2 unspecified atom stereocenters. The lowest BCUT2D eigenvalue weighted by Gasteiger charge is -2.32. The van der Waals surface area contributed by atoms with Gasteiger partial charge in [0.1, 0.15) is 0 Å². The Bertz CT molecular complexity index is 428. The van der Waals surface area contributed by atoms with E-state index < -0.39 is 0 Å². The minimum Gasteiger partial charge on any atom is -0.295 e. The highest BCUT2D eigenvalue weighted by atomic mass is 15.5. The van der Waals surface area contributed by atoms with Gasteiger partial charge in [-0.1, -0.05) is 60.7 Å². The third-order valence-electron chi connectivity index (χ3n) is 3.26. The number of rotatable bonds is 2. The molecule has 0 aromatic heterocycles. The molecule has 1 aliphatic heterocycles. The van der Waals surface area contributed by atoms with Crippen LogP contribution in [-0.4, -0.2) is 6.54 Å². The molecule has 3 nitrogen and oxygen atoms in total. The molecule has 1 aliphatic rings. The minimum atomic E-state index is 0.172. The van der Waals surface area contributed by atoms with Gasteiger partial charge in [-0.05, 0) is 11.1 Å². The van der Waals surface area contributed by atoms with E-state index in [4.69, 9.17) is 0 Å². The smallest absolute Gasteiger partial charge is 0.0964 e. The van der Waals surface area contributed by atoms with Crippen LogP contribution in [-0.2, 0) is 0 Å². The van der Waals surface area contributed by atoms with Crippen LogP contribution < -0.4 is 16.2 Å². The van der Waals surface area contributed by atoms with Gasteiger partial charge in [0.05, 0.1) is 12.2 Å². The Labute approximate surface area is 107 Å². The van der Waals surface area contributed by atoms with Gasteiger partial charge < -0.3 is 0 Å². The first-order valence-corrected chi connectivity index (χ1v) is 6.28. The second-order valence-electron chi connectivity index (χ2n) is 4.50. The van der Waals surface area contributed by atoms with Crippen molar-refractivity contribution >= 4 is 0 Å². The standard InChI is InChI=1S/C15H17N3/c1-3-7-12(8-4-1)14-11-16-15(18-17-14)13-9-5-2-6-10-13/h1-10,14-18H,11H2. The predicted octanol–water partition coefficient (Wildman–Crippen LogP) is 2.12. The highest BCUT2D eigenvalue weighted by molar-refractivity contribution is 5.22. The van der Waals surface area contributed by atoms with Crippen molar-refractivity contribution in [2.24, 2.45) is 0 Å². The van der Waals surface area contributed by atoms with Crippen LogP contribution >= 0.6 is 0 Å². The van der Waals surface area contributed by atoms with E-state index in [0.29, 0.717) is 6.04 Å². The molecular weight excluding hydrogens is 222 g/mol. The Morgan fingerprint density at radius 3 is 1.89 bits per heavy atom. The molecule has 0 spiro atoms. The number of benzene rings is 2.